The van der Waals surface area contributed by atoms with Crippen molar-refractivity contribution in [3.63, 3.8) is 0 Å². The third-order valence-corrected chi connectivity index (χ3v) is 6.39. The maximum atomic E-state index is 3.60. The summed E-state index contributed by atoms with van der Waals surface area (Å²) in [5.74, 6) is 0. The van der Waals surface area contributed by atoms with Gasteiger partial charge in [-0.3, -0.25) is 0 Å². The molecule has 1 aromatic rings. The van der Waals surface area contributed by atoms with Crippen LogP contribution in [0.5, 0.6) is 0 Å². The van der Waals surface area contributed by atoms with Crippen LogP contribution in [0.1, 0.15) is 55.7 Å². The summed E-state index contributed by atoms with van der Waals surface area (Å²) < 4.78 is 0. The first kappa shape index (κ1) is 13.5. The second-order valence-corrected chi connectivity index (χ2v) is 7.48. The fraction of sp³-hybridized carbons (Fsp3) is 0.647. The molecule has 0 aliphatic heterocycles. The summed E-state index contributed by atoms with van der Waals surface area (Å²) in [6, 6.07) is 9.60. The highest BCUT2D eigenvalue weighted by atomic mass is 32.2. The van der Waals surface area contributed by atoms with E-state index < -0.39 is 0 Å². The first-order valence-electron chi connectivity index (χ1n) is 7.79. The highest BCUT2D eigenvalue weighted by Gasteiger charge is 2.30. The number of hydrogen-bond acceptors (Lipinski definition) is 2. The molecule has 0 radical (unpaired) electrons. The summed E-state index contributed by atoms with van der Waals surface area (Å²) in [6.07, 6.45) is 9.76. The van der Waals surface area contributed by atoms with Gasteiger partial charge in [0.1, 0.15) is 0 Å². The van der Waals surface area contributed by atoms with E-state index >= 15 is 0 Å². The van der Waals surface area contributed by atoms with E-state index in [2.05, 4.69) is 48.4 Å². The number of rotatable bonds is 3. The summed E-state index contributed by atoms with van der Waals surface area (Å²) in [5, 5.41) is 5.29. The third-order valence-electron chi connectivity index (χ3n) is 4.68. The number of benzene rings is 1. The minimum absolute atomic E-state index is 0.546. The van der Waals surface area contributed by atoms with Gasteiger partial charge in [0.05, 0.1) is 0 Å². The van der Waals surface area contributed by atoms with Crippen LogP contribution in [0.25, 0.3) is 0 Å². The molecule has 2 atom stereocenters. The van der Waals surface area contributed by atoms with Gasteiger partial charge in [0, 0.05) is 16.5 Å². The Morgan fingerprint density at radius 2 is 1.84 bits per heavy atom. The minimum atomic E-state index is 0.546. The van der Waals surface area contributed by atoms with Crippen molar-refractivity contribution in [3.05, 3.63) is 35.4 Å². The Balaban J connectivity index is 1.80. The largest absolute Gasteiger partial charge is 0.312 e. The van der Waals surface area contributed by atoms with Crippen molar-refractivity contribution in [1.29, 1.82) is 0 Å². The molecule has 2 heteroatoms. The summed E-state index contributed by atoms with van der Waals surface area (Å²) in [4.78, 5) is 0. The molecule has 1 N–H and O–H groups in total. The smallest absolute Gasteiger partial charge is 0.0441 e. The molecule has 0 heterocycles. The molecule has 1 aromatic carbocycles. The number of aryl methyl sites for hydroxylation is 1. The van der Waals surface area contributed by atoms with Crippen LogP contribution < -0.4 is 5.32 Å². The van der Waals surface area contributed by atoms with E-state index in [4.69, 9.17) is 0 Å². The van der Waals surface area contributed by atoms with Gasteiger partial charge in [-0.1, -0.05) is 37.1 Å². The SMILES string of the molecule is CNC1c2ccccc2CCCC1SC1CCCC1. The van der Waals surface area contributed by atoms with E-state index in [-0.39, 0.29) is 0 Å². The molecule has 0 bridgehead atoms. The molecule has 19 heavy (non-hydrogen) atoms. The molecule has 0 spiro atoms. The van der Waals surface area contributed by atoms with Crippen molar-refractivity contribution >= 4 is 11.8 Å². The molecule has 2 unspecified atom stereocenters. The number of thioether (sulfide) groups is 1. The average molecular weight is 275 g/mol. The lowest BCUT2D eigenvalue weighted by molar-refractivity contribution is 0.546. The quantitative estimate of drug-likeness (QED) is 0.824. The van der Waals surface area contributed by atoms with Crippen LogP contribution in [-0.4, -0.2) is 17.5 Å². The maximum Gasteiger partial charge on any atom is 0.0441 e. The highest BCUT2D eigenvalue weighted by molar-refractivity contribution is 8.00. The molecule has 1 fully saturated rings. The molecule has 104 valence electrons. The van der Waals surface area contributed by atoms with Crippen molar-refractivity contribution in [2.24, 2.45) is 0 Å². The highest BCUT2D eigenvalue weighted by Crippen LogP contribution is 2.41. The topological polar surface area (TPSA) is 12.0 Å². The second-order valence-electron chi connectivity index (χ2n) is 5.94. The monoisotopic (exact) mass is 275 g/mol. The molecule has 1 nitrogen and oxygen atoms in total. The van der Waals surface area contributed by atoms with Gasteiger partial charge in [-0.05, 0) is 50.3 Å². The predicted molar refractivity (Wildman–Crippen MR) is 84.8 cm³/mol. The van der Waals surface area contributed by atoms with E-state index in [0.29, 0.717) is 6.04 Å². The molecular weight excluding hydrogens is 250 g/mol. The Labute approximate surface area is 121 Å². The van der Waals surface area contributed by atoms with Crippen LogP contribution in [0.2, 0.25) is 0 Å². The van der Waals surface area contributed by atoms with Crippen LogP contribution in [0.15, 0.2) is 24.3 Å². The first-order chi connectivity index (χ1) is 9.38. The minimum Gasteiger partial charge on any atom is -0.312 e. The molecule has 0 aromatic heterocycles. The average Bonchev–Trinajstić information content (AvgIpc) is 2.87. The zero-order valence-electron chi connectivity index (χ0n) is 11.9. The second kappa shape index (κ2) is 6.32. The molecule has 0 amide bonds. The fourth-order valence-corrected chi connectivity index (χ4v) is 5.53. The van der Waals surface area contributed by atoms with Gasteiger partial charge in [0.15, 0.2) is 0 Å². The molecule has 1 saturated carbocycles. The summed E-state index contributed by atoms with van der Waals surface area (Å²) in [5.41, 5.74) is 3.12. The van der Waals surface area contributed by atoms with Gasteiger partial charge >= 0.3 is 0 Å². The predicted octanol–water partition coefficient (Wildman–Crippen LogP) is 4.33. The molecule has 3 rings (SSSR count). The molecule has 0 saturated heterocycles. The number of fused-ring (bicyclic) bond motifs is 1. The lowest BCUT2D eigenvalue weighted by Crippen LogP contribution is -2.28. The molecule has 2 aliphatic carbocycles. The van der Waals surface area contributed by atoms with Gasteiger partial charge in [-0.2, -0.15) is 11.8 Å². The summed E-state index contributed by atoms with van der Waals surface area (Å²) in [7, 11) is 2.13. The van der Waals surface area contributed by atoms with E-state index in [0.717, 1.165) is 10.5 Å². The molecular formula is C17H25NS. The zero-order valence-corrected chi connectivity index (χ0v) is 12.7. The maximum absolute atomic E-state index is 3.60. The Kier molecular flexibility index (Phi) is 4.49. The Morgan fingerprint density at radius 3 is 2.63 bits per heavy atom. The van der Waals surface area contributed by atoms with Crippen molar-refractivity contribution in [2.45, 2.75) is 61.5 Å². The van der Waals surface area contributed by atoms with E-state index in [1.54, 1.807) is 11.1 Å². The Hall–Kier alpha value is -0.470. The van der Waals surface area contributed by atoms with Gasteiger partial charge in [-0.15, -0.1) is 0 Å². The Morgan fingerprint density at radius 1 is 1.05 bits per heavy atom. The zero-order chi connectivity index (χ0) is 13.1. The van der Waals surface area contributed by atoms with Gasteiger partial charge in [-0.25, -0.2) is 0 Å². The summed E-state index contributed by atoms with van der Waals surface area (Å²) in [6.45, 7) is 0. The molecule has 2 aliphatic rings. The fourth-order valence-electron chi connectivity index (χ4n) is 3.69. The number of hydrogen-bond donors (Lipinski definition) is 1. The van der Waals surface area contributed by atoms with Gasteiger partial charge in [0.2, 0.25) is 0 Å². The first-order valence-corrected chi connectivity index (χ1v) is 8.73. The van der Waals surface area contributed by atoms with Crippen molar-refractivity contribution < 1.29 is 0 Å². The number of nitrogens with one attached hydrogen (secondary N) is 1. The van der Waals surface area contributed by atoms with Crippen LogP contribution in [0, 0.1) is 0 Å². The standard InChI is InChI=1S/C17H25NS/c1-18-17-15-11-5-2-7-13(15)8-6-12-16(17)19-14-9-3-4-10-14/h2,5,7,11,14,16-18H,3-4,6,8-10,12H2,1H3. The Bertz CT molecular complexity index is 411. The van der Waals surface area contributed by atoms with Crippen molar-refractivity contribution in [1.82, 2.24) is 5.32 Å². The lowest BCUT2D eigenvalue weighted by Gasteiger charge is -2.28. The van der Waals surface area contributed by atoms with E-state index in [1.807, 2.05) is 0 Å². The van der Waals surface area contributed by atoms with E-state index in [9.17, 15) is 0 Å². The van der Waals surface area contributed by atoms with E-state index in [1.165, 1.54) is 44.9 Å². The van der Waals surface area contributed by atoms with Crippen molar-refractivity contribution in [2.75, 3.05) is 7.05 Å². The van der Waals surface area contributed by atoms with Crippen LogP contribution in [0.4, 0.5) is 0 Å². The normalized spacial score (nSPS) is 28.1. The van der Waals surface area contributed by atoms with Crippen LogP contribution in [0.3, 0.4) is 0 Å². The lowest BCUT2D eigenvalue weighted by atomic mass is 9.99. The van der Waals surface area contributed by atoms with Crippen LogP contribution >= 0.6 is 11.8 Å². The van der Waals surface area contributed by atoms with Gasteiger partial charge < -0.3 is 5.32 Å². The third kappa shape index (κ3) is 3.00. The summed E-state index contributed by atoms with van der Waals surface area (Å²) >= 11 is 2.28. The van der Waals surface area contributed by atoms with Crippen LogP contribution in [-0.2, 0) is 6.42 Å². The van der Waals surface area contributed by atoms with Gasteiger partial charge in [0.25, 0.3) is 0 Å². The van der Waals surface area contributed by atoms with Crippen molar-refractivity contribution in [3.8, 4) is 0 Å².